The van der Waals surface area contributed by atoms with Crippen molar-refractivity contribution in [2.24, 2.45) is 0 Å². The fourth-order valence-corrected chi connectivity index (χ4v) is 4.36. The van der Waals surface area contributed by atoms with Crippen LogP contribution < -0.4 is 15.4 Å². The van der Waals surface area contributed by atoms with Gasteiger partial charge in [-0.05, 0) is 36.2 Å². The van der Waals surface area contributed by atoms with E-state index >= 15 is 0 Å². The van der Waals surface area contributed by atoms with Gasteiger partial charge in [0.15, 0.2) is 4.34 Å². The van der Waals surface area contributed by atoms with E-state index < -0.39 is 0 Å². The Morgan fingerprint density at radius 2 is 1.90 bits per heavy atom. The molecule has 0 radical (unpaired) electrons. The fourth-order valence-electron chi connectivity index (χ4n) is 2.78. The summed E-state index contributed by atoms with van der Waals surface area (Å²) in [5.74, 6) is 1.11. The normalized spacial score (nSPS) is 11.7. The largest absolute Gasteiger partial charge is 0.497 e. The third-order valence-electron chi connectivity index (χ3n) is 4.19. The van der Waals surface area contributed by atoms with Gasteiger partial charge in [0.2, 0.25) is 11.0 Å². The molecule has 6 nitrogen and oxygen atoms in total. The van der Waals surface area contributed by atoms with E-state index in [9.17, 15) is 4.79 Å². The zero-order chi connectivity index (χ0) is 20.5. The Hall–Kier alpha value is -2.58. The van der Waals surface area contributed by atoms with Crippen molar-refractivity contribution in [1.82, 2.24) is 15.5 Å². The summed E-state index contributed by atoms with van der Waals surface area (Å²) in [6.07, 6.45) is 1.92. The molecule has 2 N–H and O–H groups in total. The predicted octanol–water partition coefficient (Wildman–Crippen LogP) is 5.04. The van der Waals surface area contributed by atoms with Crippen LogP contribution in [0.15, 0.2) is 58.9 Å². The lowest BCUT2D eigenvalue weighted by molar-refractivity contribution is -0.119. The van der Waals surface area contributed by atoms with Gasteiger partial charge in [-0.25, -0.2) is 0 Å². The van der Waals surface area contributed by atoms with Crippen molar-refractivity contribution in [2.75, 3.05) is 18.2 Å². The molecule has 3 rings (SSSR count). The van der Waals surface area contributed by atoms with Gasteiger partial charge in [-0.15, -0.1) is 10.2 Å². The summed E-state index contributed by atoms with van der Waals surface area (Å²) in [6.45, 7) is 2.12. The van der Waals surface area contributed by atoms with Crippen LogP contribution >= 0.6 is 23.1 Å². The van der Waals surface area contributed by atoms with Crippen molar-refractivity contribution in [3.63, 3.8) is 0 Å². The molecule has 8 heteroatoms. The van der Waals surface area contributed by atoms with Crippen molar-refractivity contribution in [2.45, 2.75) is 30.1 Å². The lowest BCUT2D eigenvalue weighted by atomic mass is 10.0. The second-order valence-corrected chi connectivity index (χ2v) is 8.53. The molecule has 0 spiro atoms. The van der Waals surface area contributed by atoms with Gasteiger partial charge in [-0.3, -0.25) is 4.79 Å². The minimum Gasteiger partial charge on any atom is -0.497 e. The summed E-state index contributed by atoms with van der Waals surface area (Å²) < 4.78 is 5.91. The number of nitrogens with zero attached hydrogens (tertiary/aromatic N) is 2. The lowest BCUT2D eigenvalue weighted by Gasteiger charge is -2.18. The summed E-state index contributed by atoms with van der Waals surface area (Å²) in [5.41, 5.74) is 2.04. The Bertz CT molecular complexity index is 901. The second-order valence-electron chi connectivity index (χ2n) is 6.33. The van der Waals surface area contributed by atoms with Gasteiger partial charge in [-0.1, -0.05) is 66.8 Å². The molecule has 0 aliphatic heterocycles. The smallest absolute Gasteiger partial charge is 0.230 e. The van der Waals surface area contributed by atoms with E-state index in [2.05, 4.69) is 39.9 Å². The Morgan fingerprint density at radius 3 is 2.59 bits per heavy atom. The number of anilines is 2. The quantitative estimate of drug-likeness (QED) is 0.441. The monoisotopic (exact) mass is 428 g/mol. The molecule has 1 aromatic heterocycles. The van der Waals surface area contributed by atoms with Crippen LogP contribution in [0.4, 0.5) is 10.8 Å². The number of hydrogen-bond donors (Lipinski definition) is 2. The van der Waals surface area contributed by atoms with Crippen LogP contribution in [-0.4, -0.2) is 29.0 Å². The molecule has 29 heavy (non-hydrogen) atoms. The average molecular weight is 429 g/mol. The first-order valence-corrected chi connectivity index (χ1v) is 11.2. The number of nitrogens with one attached hydrogen (secondary N) is 2. The van der Waals surface area contributed by atoms with Crippen molar-refractivity contribution in [1.29, 1.82) is 0 Å². The summed E-state index contributed by atoms with van der Waals surface area (Å²) in [5, 5.41) is 15.3. The number of carbonyl (C=O) groups is 1. The lowest BCUT2D eigenvalue weighted by Crippen LogP contribution is -2.29. The first kappa shape index (κ1) is 21.1. The topological polar surface area (TPSA) is 76.1 Å². The van der Waals surface area contributed by atoms with Gasteiger partial charge < -0.3 is 15.4 Å². The molecule has 1 unspecified atom stereocenters. The number of hydrogen-bond acceptors (Lipinski definition) is 7. The molecule has 2 aromatic carbocycles. The summed E-state index contributed by atoms with van der Waals surface area (Å²) in [4.78, 5) is 12.4. The highest BCUT2D eigenvalue weighted by molar-refractivity contribution is 8.01. The van der Waals surface area contributed by atoms with Crippen LogP contribution in [0.2, 0.25) is 0 Å². The maximum atomic E-state index is 12.4. The Kier molecular flexibility index (Phi) is 7.89. The average Bonchev–Trinajstić information content (AvgIpc) is 3.20. The molecule has 152 valence electrons. The predicted molar refractivity (Wildman–Crippen MR) is 119 cm³/mol. The number of methoxy groups -OCH3 is 1. The molecule has 0 bridgehead atoms. The van der Waals surface area contributed by atoms with E-state index in [0.717, 1.165) is 34.2 Å². The Morgan fingerprint density at radius 1 is 1.14 bits per heavy atom. The van der Waals surface area contributed by atoms with E-state index in [0.29, 0.717) is 10.9 Å². The van der Waals surface area contributed by atoms with Crippen LogP contribution in [0.1, 0.15) is 31.4 Å². The minimum atomic E-state index is -0.00262. The van der Waals surface area contributed by atoms with Crippen LogP contribution in [0.25, 0.3) is 0 Å². The summed E-state index contributed by atoms with van der Waals surface area (Å²) in [7, 11) is 1.64. The molecule has 0 saturated carbocycles. The van der Waals surface area contributed by atoms with Gasteiger partial charge in [0.1, 0.15) is 5.75 Å². The second kappa shape index (κ2) is 10.8. The summed E-state index contributed by atoms with van der Waals surface area (Å²) >= 11 is 2.82. The first-order valence-electron chi connectivity index (χ1n) is 9.39. The molecule has 0 aliphatic rings. The van der Waals surface area contributed by atoms with E-state index in [1.165, 1.54) is 23.1 Å². The maximum Gasteiger partial charge on any atom is 0.230 e. The zero-order valence-corrected chi connectivity index (χ0v) is 18.1. The summed E-state index contributed by atoms with van der Waals surface area (Å²) in [6, 6.07) is 17.7. The molecule has 1 amide bonds. The molecule has 3 aromatic rings. The maximum absolute atomic E-state index is 12.4. The Labute approximate surface area is 179 Å². The molecule has 0 saturated heterocycles. The fraction of sp³-hybridized carbons (Fsp3) is 0.286. The van der Waals surface area contributed by atoms with Crippen LogP contribution in [0.3, 0.4) is 0 Å². The molecule has 0 aliphatic carbocycles. The van der Waals surface area contributed by atoms with Crippen LogP contribution in [0, 0.1) is 0 Å². The number of aromatic nitrogens is 2. The highest BCUT2D eigenvalue weighted by Gasteiger charge is 2.15. The number of carbonyl (C=O) groups excluding carboxylic acids is 1. The van der Waals surface area contributed by atoms with Crippen LogP contribution in [0.5, 0.6) is 5.75 Å². The molecule has 0 fully saturated rings. The van der Waals surface area contributed by atoms with Gasteiger partial charge in [0.25, 0.3) is 0 Å². The zero-order valence-electron chi connectivity index (χ0n) is 16.4. The number of thioether (sulfide) groups is 1. The third kappa shape index (κ3) is 6.47. The van der Waals surface area contributed by atoms with Crippen molar-refractivity contribution < 1.29 is 9.53 Å². The highest BCUT2D eigenvalue weighted by Crippen LogP contribution is 2.28. The van der Waals surface area contributed by atoms with Crippen molar-refractivity contribution in [3.8, 4) is 5.75 Å². The van der Waals surface area contributed by atoms with Gasteiger partial charge in [0.05, 0.1) is 18.9 Å². The van der Waals surface area contributed by atoms with E-state index in [1.807, 2.05) is 42.5 Å². The standard InChI is InChI=1S/C21H24N4O2S2/c1-3-7-18(15-8-5-4-6-9-15)23-19(26)14-28-21-25-24-20(29-21)22-16-10-12-17(27-2)13-11-16/h4-6,8-13,18H,3,7,14H2,1-2H3,(H,22,24)(H,23,26). The van der Waals surface area contributed by atoms with Crippen LogP contribution in [-0.2, 0) is 4.79 Å². The molecular formula is C21H24N4O2S2. The molecule has 1 atom stereocenters. The van der Waals surface area contributed by atoms with Gasteiger partial charge in [0, 0.05) is 5.69 Å². The van der Waals surface area contributed by atoms with Crippen molar-refractivity contribution >= 4 is 39.8 Å². The minimum absolute atomic E-state index is 0.00262. The molecular weight excluding hydrogens is 404 g/mol. The van der Waals surface area contributed by atoms with E-state index in [-0.39, 0.29) is 11.9 Å². The number of amides is 1. The molecule has 1 heterocycles. The first-order chi connectivity index (χ1) is 14.2. The van der Waals surface area contributed by atoms with Crippen molar-refractivity contribution in [3.05, 3.63) is 60.2 Å². The number of benzene rings is 2. The van der Waals surface area contributed by atoms with E-state index in [4.69, 9.17) is 4.74 Å². The Balaban J connectivity index is 1.51. The van der Waals surface area contributed by atoms with Gasteiger partial charge >= 0.3 is 0 Å². The van der Waals surface area contributed by atoms with E-state index in [1.54, 1.807) is 7.11 Å². The number of ether oxygens (including phenoxy) is 1. The highest BCUT2D eigenvalue weighted by atomic mass is 32.2. The third-order valence-corrected chi connectivity index (χ3v) is 6.16. The SMILES string of the molecule is CCCC(NC(=O)CSc1nnc(Nc2ccc(OC)cc2)s1)c1ccccc1. The van der Waals surface area contributed by atoms with Gasteiger partial charge in [-0.2, -0.15) is 0 Å². The number of rotatable bonds is 10.